The minimum absolute atomic E-state index is 0.0149. The van der Waals surface area contributed by atoms with Gasteiger partial charge in [0.15, 0.2) is 0 Å². The van der Waals surface area contributed by atoms with E-state index in [1.165, 1.54) is 0 Å². The molecule has 0 saturated carbocycles. The molecule has 462 valence electrons. The molecular weight excluding hydrogens is 1070 g/mol. The zero-order valence-electron chi connectivity index (χ0n) is 51.2. The Labute approximate surface area is 498 Å². The summed E-state index contributed by atoms with van der Waals surface area (Å²) in [5.41, 5.74) is 14.6. The van der Waals surface area contributed by atoms with Crippen LogP contribution in [0.3, 0.4) is 0 Å². The van der Waals surface area contributed by atoms with Crippen molar-refractivity contribution in [3.8, 4) is 28.0 Å². The molecule has 0 bridgehead atoms. The largest absolute Gasteiger partial charge is 0.491 e. The van der Waals surface area contributed by atoms with Crippen molar-refractivity contribution in [2.75, 3.05) is 201 Å². The first-order chi connectivity index (χ1) is 40.9. The number of quaternary nitrogens is 1. The number of aliphatic hydroxyl groups excluding tert-OH is 2. The van der Waals surface area contributed by atoms with E-state index in [-0.39, 0.29) is 19.8 Å². The van der Waals surface area contributed by atoms with Gasteiger partial charge >= 0.3 is 0 Å². The minimum Gasteiger partial charge on any atom is -0.491 e. The summed E-state index contributed by atoms with van der Waals surface area (Å²) in [6.07, 6.45) is 0. The lowest BCUT2D eigenvalue weighted by Gasteiger charge is -2.35. The molecule has 17 heteroatoms. The first kappa shape index (κ1) is 66.8. The molecule has 2 aliphatic rings. The van der Waals surface area contributed by atoms with Crippen molar-refractivity contribution in [3.63, 3.8) is 0 Å². The van der Waals surface area contributed by atoms with Gasteiger partial charge < -0.3 is 81.0 Å². The second-order valence-electron chi connectivity index (χ2n) is 22.2. The van der Waals surface area contributed by atoms with E-state index in [1.54, 1.807) is 14.2 Å². The topological polar surface area (TPSA) is 170 Å². The molecule has 0 aromatic heterocycles. The molecule has 7 rings (SSSR count). The van der Waals surface area contributed by atoms with Crippen LogP contribution in [0, 0.1) is 20.8 Å². The molecule has 0 radical (unpaired) electrons. The predicted octanol–water partition coefficient (Wildman–Crippen LogP) is 7.74. The maximum atomic E-state index is 9.20. The van der Waals surface area contributed by atoms with Crippen LogP contribution in [0.2, 0.25) is 0 Å². The summed E-state index contributed by atoms with van der Waals surface area (Å²) in [5.74, 6) is 0.782. The van der Waals surface area contributed by atoms with Crippen molar-refractivity contribution < 1.29 is 81.0 Å². The lowest BCUT2D eigenvalue weighted by molar-refractivity contribution is -0.884. The molecule has 0 amide bonds. The van der Waals surface area contributed by atoms with Crippen molar-refractivity contribution in [3.05, 3.63) is 146 Å². The van der Waals surface area contributed by atoms with Gasteiger partial charge in [-0.15, -0.1) is 0 Å². The van der Waals surface area contributed by atoms with Crippen molar-refractivity contribution in [2.45, 2.75) is 44.9 Å². The molecular formula is C67H94NO16+. The summed E-state index contributed by atoms with van der Waals surface area (Å²) in [6, 6.07) is 31.6. The van der Waals surface area contributed by atoms with Crippen molar-refractivity contribution in [2.24, 2.45) is 0 Å². The molecule has 2 atom stereocenters. The highest BCUT2D eigenvalue weighted by Gasteiger charge is 2.51. The van der Waals surface area contributed by atoms with E-state index in [4.69, 9.17) is 71.4 Å². The third-order valence-corrected chi connectivity index (χ3v) is 14.9. The lowest BCUT2D eigenvalue weighted by Crippen LogP contribution is -2.35. The number of methoxy groups -OCH3 is 2. The van der Waals surface area contributed by atoms with Crippen molar-refractivity contribution in [1.29, 1.82) is 0 Å². The molecule has 84 heavy (non-hydrogen) atoms. The van der Waals surface area contributed by atoms with Crippen molar-refractivity contribution >= 4 is 0 Å². The normalized spacial score (nSPS) is 16.1. The quantitative estimate of drug-likeness (QED) is 0.0287. The SMILES string of the molecule is COCCOCCOCCOc1ccc(C2(COCCOCCOCCO)c3cc(C)ccc3-c3cc4c(cc32)-c2ccc(C)cc2C4(OCCOCCOCCOC)c2ccc(COCCOCCOCCO)c(C[N+](C)(C)C)c2)cc1C. The minimum atomic E-state index is -1.06. The van der Waals surface area contributed by atoms with Crippen LogP contribution < -0.4 is 4.74 Å². The number of aliphatic hydroxyl groups is 2. The Morgan fingerprint density at radius 2 is 0.845 bits per heavy atom. The smallest absolute Gasteiger partial charge is 0.145 e. The highest BCUT2D eigenvalue weighted by molar-refractivity contribution is 5.92. The molecule has 0 spiro atoms. The van der Waals surface area contributed by atoms with Crippen LogP contribution >= 0.6 is 0 Å². The molecule has 2 N–H and O–H groups in total. The monoisotopic (exact) mass is 1170 g/mol. The van der Waals surface area contributed by atoms with Gasteiger partial charge in [0.05, 0.1) is 192 Å². The number of ether oxygens (including phenoxy) is 14. The average molecular weight is 1170 g/mol. The lowest BCUT2D eigenvalue weighted by atomic mass is 9.71. The summed E-state index contributed by atoms with van der Waals surface area (Å²) >= 11 is 0. The first-order valence-electron chi connectivity index (χ1n) is 29.6. The number of rotatable bonds is 44. The summed E-state index contributed by atoms with van der Waals surface area (Å²) in [4.78, 5) is 0. The zero-order chi connectivity index (χ0) is 59.6. The number of aryl methyl sites for hydroxylation is 3. The molecule has 5 aromatic rings. The number of nitrogens with zero attached hydrogens (tertiary/aromatic N) is 1. The van der Waals surface area contributed by atoms with Crippen LogP contribution in [-0.2, 0) is 85.7 Å². The fraction of sp³-hybridized carbons (Fsp3) is 0.552. The third-order valence-electron chi connectivity index (χ3n) is 14.9. The summed E-state index contributed by atoms with van der Waals surface area (Å²) in [5, 5.41) is 18.2. The van der Waals surface area contributed by atoms with Crippen LogP contribution in [0.5, 0.6) is 5.75 Å². The van der Waals surface area contributed by atoms with Gasteiger partial charge in [-0.3, -0.25) is 0 Å². The second kappa shape index (κ2) is 34.6. The van der Waals surface area contributed by atoms with Gasteiger partial charge in [0.25, 0.3) is 0 Å². The molecule has 0 saturated heterocycles. The Kier molecular flexibility index (Phi) is 27.5. The van der Waals surface area contributed by atoms with E-state index in [0.29, 0.717) is 156 Å². The zero-order valence-corrected chi connectivity index (χ0v) is 51.2. The standard InChI is InChI=1S/C67H94NO16/c1-50-9-14-57-59-46-64-60(45-62(59)66(61(57)41-50,49-82-36-34-78-28-26-74-20-18-70)55-13-16-65(52(3)43-55)83-39-37-79-31-29-75-23-21-71-7)58-15-10-51(2)42-63(58)67(64,84-40-38-80-32-30-76-24-22-72-8)56-12-11-53(54(44-56)47-68(4,5)6)48-81-35-33-77-27-25-73-19-17-69/h9-16,41-46,69-70H,17-40,47-49H2,1-8H3/q+1. The molecule has 5 aromatic carbocycles. The van der Waals surface area contributed by atoms with Crippen molar-refractivity contribution in [1.82, 2.24) is 0 Å². The van der Waals surface area contributed by atoms with Gasteiger partial charge in [-0.25, -0.2) is 0 Å². The number of hydrogen-bond donors (Lipinski definition) is 2. The van der Waals surface area contributed by atoms with E-state index in [9.17, 15) is 5.11 Å². The number of fused-ring (bicyclic) bond motifs is 6. The number of hydrogen-bond acceptors (Lipinski definition) is 16. The van der Waals surface area contributed by atoms with E-state index in [1.807, 2.05) is 0 Å². The van der Waals surface area contributed by atoms with E-state index < -0.39 is 11.0 Å². The first-order valence-corrected chi connectivity index (χ1v) is 29.6. The third kappa shape index (κ3) is 17.9. The molecule has 0 fully saturated rings. The van der Waals surface area contributed by atoms with Crippen LogP contribution in [0.15, 0.2) is 84.9 Å². The van der Waals surface area contributed by atoms with Gasteiger partial charge in [-0.05, 0) is 101 Å². The summed E-state index contributed by atoms with van der Waals surface area (Å²) in [7, 11) is 9.95. The maximum absolute atomic E-state index is 9.20. The van der Waals surface area contributed by atoms with E-state index >= 15 is 0 Å². The van der Waals surface area contributed by atoms with E-state index in [0.717, 1.165) is 95.7 Å². The Bertz CT molecular complexity index is 2770. The summed E-state index contributed by atoms with van der Waals surface area (Å²) < 4.78 is 84.0. The Hall–Kier alpha value is -4.74. The van der Waals surface area contributed by atoms with Crippen LogP contribution in [0.4, 0.5) is 0 Å². The average Bonchev–Trinajstić information content (AvgIpc) is 1.61. The maximum Gasteiger partial charge on any atom is 0.145 e. The fourth-order valence-corrected chi connectivity index (χ4v) is 11.0. The summed E-state index contributed by atoms with van der Waals surface area (Å²) in [6.45, 7) is 17.0. The molecule has 2 unspecified atom stereocenters. The highest BCUT2D eigenvalue weighted by Crippen LogP contribution is 2.60. The Morgan fingerprint density at radius 1 is 0.393 bits per heavy atom. The fourth-order valence-electron chi connectivity index (χ4n) is 11.0. The predicted molar refractivity (Wildman–Crippen MR) is 322 cm³/mol. The van der Waals surface area contributed by atoms with Gasteiger partial charge in [-0.2, -0.15) is 0 Å². The van der Waals surface area contributed by atoms with Gasteiger partial charge in [0, 0.05) is 30.9 Å². The van der Waals surface area contributed by atoms with Crippen LogP contribution in [0.1, 0.15) is 61.2 Å². The Morgan fingerprint density at radius 3 is 1.40 bits per heavy atom. The van der Waals surface area contributed by atoms with Crippen LogP contribution in [0.25, 0.3) is 22.3 Å². The Balaban J connectivity index is 1.32. The molecule has 2 aliphatic carbocycles. The number of benzene rings is 5. The highest BCUT2D eigenvalue weighted by atomic mass is 16.6. The molecule has 0 heterocycles. The molecule has 17 nitrogen and oxygen atoms in total. The second-order valence-corrected chi connectivity index (χ2v) is 22.2. The van der Waals surface area contributed by atoms with Gasteiger partial charge in [0.2, 0.25) is 0 Å². The van der Waals surface area contributed by atoms with E-state index in [2.05, 4.69) is 127 Å². The van der Waals surface area contributed by atoms with Gasteiger partial charge in [-0.1, -0.05) is 71.8 Å². The van der Waals surface area contributed by atoms with Gasteiger partial charge in [0.1, 0.15) is 24.5 Å². The molecule has 0 aliphatic heterocycles. The van der Waals surface area contributed by atoms with Crippen LogP contribution in [-0.4, -0.2) is 215 Å².